The van der Waals surface area contributed by atoms with Crippen molar-refractivity contribution in [2.75, 3.05) is 26.4 Å². The van der Waals surface area contributed by atoms with Crippen molar-refractivity contribution >= 4 is 23.9 Å². The van der Waals surface area contributed by atoms with Gasteiger partial charge >= 0.3 is 23.9 Å². The summed E-state index contributed by atoms with van der Waals surface area (Å²) < 4.78 is 19.5. The molecule has 0 saturated carbocycles. The van der Waals surface area contributed by atoms with Crippen LogP contribution < -0.4 is 0 Å². The lowest BCUT2D eigenvalue weighted by molar-refractivity contribution is -0.157. The molecule has 0 rings (SSSR count). The van der Waals surface area contributed by atoms with Crippen LogP contribution in [0.2, 0.25) is 0 Å². The van der Waals surface area contributed by atoms with Crippen LogP contribution in [0.1, 0.15) is 39.5 Å². The van der Waals surface area contributed by atoms with E-state index in [0.717, 1.165) is 0 Å². The fourth-order valence-electron chi connectivity index (χ4n) is 1.80. The van der Waals surface area contributed by atoms with E-state index in [1.165, 1.54) is 13.8 Å². The van der Waals surface area contributed by atoms with Crippen LogP contribution in [0.5, 0.6) is 0 Å². The summed E-state index contributed by atoms with van der Waals surface area (Å²) in [6, 6.07) is 0. The molecule has 0 saturated heterocycles. The normalized spacial score (nSPS) is 12.3. The first kappa shape index (κ1) is 27.3. The monoisotopic (exact) mass is 430 g/mol. The molecular formula is C20H30O10. The zero-order chi connectivity index (χ0) is 23.1. The quantitative estimate of drug-likeness (QED) is 0.215. The minimum absolute atomic E-state index is 0.0546. The first-order valence-electron chi connectivity index (χ1n) is 9.36. The van der Waals surface area contributed by atoms with Crippen LogP contribution in [0, 0.1) is 0 Å². The number of hydrogen-bond donors (Lipinski definition) is 2. The highest BCUT2D eigenvalue weighted by atomic mass is 16.6. The summed E-state index contributed by atoms with van der Waals surface area (Å²) in [7, 11) is 0. The topological polar surface area (TPSA) is 146 Å². The number of esters is 4. The van der Waals surface area contributed by atoms with Gasteiger partial charge in [0.05, 0.1) is 38.8 Å². The first-order chi connectivity index (χ1) is 14.1. The van der Waals surface area contributed by atoms with Gasteiger partial charge in [0.2, 0.25) is 0 Å². The average Bonchev–Trinajstić information content (AvgIpc) is 2.69. The van der Waals surface area contributed by atoms with E-state index in [2.05, 4.69) is 13.2 Å². The molecule has 2 unspecified atom stereocenters. The SMILES string of the molecule is C=C(C)C(=O)OCCC(O)COC(=O)CCC(=O)OC(CO)CCOC(=O)C(=C)C. The molecule has 2 atom stereocenters. The summed E-state index contributed by atoms with van der Waals surface area (Å²) in [5, 5.41) is 18.9. The number of hydrogen-bond acceptors (Lipinski definition) is 10. The molecule has 0 aliphatic heterocycles. The minimum Gasteiger partial charge on any atom is -0.463 e. The molecule has 0 heterocycles. The Hall–Kier alpha value is -2.72. The predicted octanol–water partition coefficient (Wildman–Crippen LogP) is 0.594. The summed E-state index contributed by atoms with van der Waals surface area (Å²) in [5.74, 6) is -2.62. The Bertz CT molecular complexity index is 625. The van der Waals surface area contributed by atoms with E-state index >= 15 is 0 Å². The third kappa shape index (κ3) is 13.5. The Morgan fingerprint density at radius 2 is 1.33 bits per heavy atom. The highest BCUT2D eigenvalue weighted by molar-refractivity contribution is 5.87. The van der Waals surface area contributed by atoms with E-state index in [4.69, 9.17) is 18.9 Å². The molecule has 0 spiro atoms. The Balaban J connectivity index is 4.01. The minimum atomic E-state index is -1.03. The second-order valence-corrected chi connectivity index (χ2v) is 6.54. The number of carbonyl (C=O) groups is 4. The fraction of sp³-hybridized carbons (Fsp3) is 0.600. The highest BCUT2D eigenvalue weighted by Crippen LogP contribution is 2.05. The smallest absolute Gasteiger partial charge is 0.333 e. The summed E-state index contributed by atoms with van der Waals surface area (Å²) in [6.07, 6.45) is -2.31. The van der Waals surface area contributed by atoms with Crippen LogP contribution in [0.4, 0.5) is 0 Å². The van der Waals surface area contributed by atoms with E-state index < -0.39 is 42.7 Å². The molecule has 0 aliphatic rings. The third-order valence-corrected chi connectivity index (χ3v) is 3.53. The maximum absolute atomic E-state index is 11.8. The predicted molar refractivity (Wildman–Crippen MR) is 104 cm³/mol. The van der Waals surface area contributed by atoms with Crippen LogP contribution in [-0.4, -0.2) is 72.7 Å². The molecule has 30 heavy (non-hydrogen) atoms. The number of aliphatic hydroxyl groups is 2. The van der Waals surface area contributed by atoms with Crippen molar-refractivity contribution in [3.8, 4) is 0 Å². The van der Waals surface area contributed by atoms with Gasteiger partial charge in [-0.05, 0) is 13.8 Å². The molecule has 10 heteroatoms. The van der Waals surface area contributed by atoms with Crippen LogP contribution in [-0.2, 0) is 38.1 Å². The molecule has 2 N–H and O–H groups in total. The maximum atomic E-state index is 11.8. The summed E-state index contributed by atoms with van der Waals surface area (Å²) >= 11 is 0. The Morgan fingerprint density at radius 3 is 1.83 bits per heavy atom. The summed E-state index contributed by atoms with van der Waals surface area (Å²) in [4.78, 5) is 45.8. The molecule has 0 bridgehead atoms. The van der Waals surface area contributed by atoms with E-state index in [0.29, 0.717) is 0 Å². The van der Waals surface area contributed by atoms with Crippen LogP contribution in [0.3, 0.4) is 0 Å². The van der Waals surface area contributed by atoms with E-state index in [1.807, 2.05) is 0 Å². The van der Waals surface area contributed by atoms with Gasteiger partial charge in [0.25, 0.3) is 0 Å². The van der Waals surface area contributed by atoms with E-state index in [1.54, 1.807) is 0 Å². The number of aliphatic hydroxyl groups excluding tert-OH is 2. The lowest BCUT2D eigenvalue weighted by atomic mass is 10.2. The number of carbonyl (C=O) groups excluding carboxylic acids is 4. The zero-order valence-electron chi connectivity index (χ0n) is 17.4. The summed E-state index contributed by atoms with van der Waals surface area (Å²) in [5.41, 5.74) is 0.461. The largest absolute Gasteiger partial charge is 0.463 e. The van der Waals surface area contributed by atoms with E-state index in [9.17, 15) is 29.4 Å². The third-order valence-electron chi connectivity index (χ3n) is 3.53. The van der Waals surface area contributed by atoms with Gasteiger partial charge in [-0.25, -0.2) is 9.59 Å². The van der Waals surface area contributed by atoms with Gasteiger partial charge in [0, 0.05) is 24.0 Å². The zero-order valence-corrected chi connectivity index (χ0v) is 17.4. The van der Waals surface area contributed by atoms with Crippen LogP contribution >= 0.6 is 0 Å². The van der Waals surface area contributed by atoms with Crippen LogP contribution in [0.25, 0.3) is 0 Å². The van der Waals surface area contributed by atoms with Crippen molar-refractivity contribution in [1.29, 1.82) is 0 Å². The van der Waals surface area contributed by atoms with Crippen molar-refractivity contribution in [2.45, 2.75) is 51.7 Å². The van der Waals surface area contributed by atoms with Gasteiger partial charge in [-0.3, -0.25) is 9.59 Å². The Morgan fingerprint density at radius 1 is 0.833 bits per heavy atom. The highest BCUT2D eigenvalue weighted by Gasteiger charge is 2.17. The molecule has 10 nitrogen and oxygen atoms in total. The van der Waals surface area contributed by atoms with Crippen molar-refractivity contribution in [3.63, 3.8) is 0 Å². The number of rotatable bonds is 15. The van der Waals surface area contributed by atoms with Crippen molar-refractivity contribution in [3.05, 3.63) is 24.3 Å². The Kier molecular flexibility index (Phi) is 13.8. The van der Waals surface area contributed by atoms with Gasteiger partial charge in [0.15, 0.2) is 0 Å². The van der Waals surface area contributed by atoms with Gasteiger partial charge in [-0.1, -0.05) is 13.2 Å². The average molecular weight is 430 g/mol. The molecule has 0 aliphatic carbocycles. The van der Waals surface area contributed by atoms with Crippen molar-refractivity contribution in [2.24, 2.45) is 0 Å². The second-order valence-electron chi connectivity index (χ2n) is 6.54. The molecule has 0 aromatic carbocycles. The molecule has 0 fully saturated rings. The lowest BCUT2D eigenvalue weighted by Gasteiger charge is -2.15. The van der Waals surface area contributed by atoms with Gasteiger partial charge in [0.1, 0.15) is 12.7 Å². The molecular weight excluding hydrogens is 400 g/mol. The number of ether oxygens (including phenoxy) is 4. The Labute approximate surface area is 175 Å². The molecule has 170 valence electrons. The van der Waals surface area contributed by atoms with Crippen molar-refractivity contribution in [1.82, 2.24) is 0 Å². The summed E-state index contributed by atoms with van der Waals surface area (Å²) in [6.45, 7) is 8.92. The van der Waals surface area contributed by atoms with E-state index in [-0.39, 0.29) is 56.7 Å². The van der Waals surface area contributed by atoms with Crippen LogP contribution in [0.15, 0.2) is 24.3 Å². The van der Waals surface area contributed by atoms with Gasteiger partial charge in [-0.2, -0.15) is 0 Å². The molecule has 0 amide bonds. The molecule has 0 aromatic heterocycles. The fourth-order valence-corrected chi connectivity index (χ4v) is 1.80. The van der Waals surface area contributed by atoms with Crippen molar-refractivity contribution < 1.29 is 48.3 Å². The first-order valence-corrected chi connectivity index (χ1v) is 9.36. The maximum Gasteiger partial charge on any atom is 0.333 e. The molecule has 0 aromatic rings. The van der Waals surface area contributed by atoms with Gasteiger partial charge in [-0.15, -0.1) is 0 Å². The molecule has 0 radical (unpaired) electrons. The second kappa shape index (κ2) is 15.2. The van der Waals surface area contributed by atoms with Gasteiger partial charge < -0.3 is 29.2 Å². The lowest BCUT2D eigenvalue weighted by Crippen LogP contribution is -2.25. The standard InChI is InChI=1S/C20H30O10/c1-13(2)19(25)27-9-7-15(22)12-29-17(23)5-6-18(24)30-16(11-21)8-10-28-20(26)14(3)4/h15-16,21-22H,1,3,5-12H2,2,4H3.